The molecular weight excluding hydrogens is 228 g/mol. The number of benzene rings is 1. The largest absolute Gasteiger partial charge is 0.416 e. The predicted octanol–water partition coefficient (Wildman–Crippen LogP) is 2.98. The van der Waals surface area contributed by atoms with Gasteiger partial charge in [-0.05, 0) is 35.2 Å². The molecule has 0 radical (unpaired) electrons. The zero-order valence-electron chi connectivity index (χ0n) is 11.6. The van der Waals surface area contributed by atoms with Crippen molar-refractivity contribution in [3.05, 3.63) is 34.9 Å². The van der Waals surface area contributed by atoms with Crippen LogP contribution in [-0.2, 0) is 23.1 Å². The van der Waals surface area contributed by atoms with E-state index >= 15 is 0 Å². The predicted molar refractivity (Wildman–Crippen MR) is 74.7 cm³/mol. The van der Waals surface area contributed by atoms with Crippen LogP contribution in [0.3, 0.4) is 0 Å². The minimum atomic E-state index is -1.03. The lowest BCUT2D eigenvalue weighted by atomic mass is 9.82. The summed E-state index contributed by atoms with van der Waals surface area (Å²) in [6.07, 6.45) is 0. The van der Waals surface area contributed by atoms with Crippen LogP contribution in [0.15, 0.2) is 18.2 Å². The minimum absolute atomic E-state index is 0.0856. The van der Waals surface area contributed by atoms with Crippen molar-refractivity contribution in [2.24, 2.45) is 0 Å². The highest BCUT2D eigenvalue weighted by Gasteiger charge is 2.19. The minimum Gasteiger partial charge on any atom is -0.416 e. The van der Waals surface area contributed by atoms with E-state index in [-0.39, 0.29) is 12.0 Å². The smallest absolute Gasteiger partial charge is 0.171 e. The molecule has 0 bridgehead atoms. The van der Waals surface area contributed by atoms with Gasteiger partial charge in [0.05, 0.1) is 13.2 Å². The summed E-state index contributed by atoms with van der Waals surface area (Å²) < 4.78 is 5.83. The summed E-state index contributed by atoms with van der Waals surface area (Å²) >= 11 is 0. The maximum atomic E-state index is 9.43. The third-order valence-corrected chi connectivity index (χ3v) is 3.65. The van der Waals surface area contributed by atoms with Crippen LogP contribution in [0.1, 0.15) is 37.5 Å². The Morgan fingerprint density at radius 3 is 2.35 bits per heavy atom. The Hall–Kier alpha value is -0.643. The highest BCUT2D eigenvalue weighted by atomic mass is 28.3. The van der Waals surface area contributed by atoms with Crippen molar-refractivity contribution in [2.75, 3.05) is 0 Å². The van der Waals surface area contributed by atoms with Gasteiger partial charge in [0.2, 0.25) is 0 Å². The lowest BCUT2D eigenvalue weighted by Crippen LogP contribution is -2.18. The zero-order chi connectivity index (χ0) is 13.1. The Morgan fingerprint density at radius 1 is 1.24 bits per heavy atom. The lowest BCUT2D eigenvalue weighted by molar-refractivity contribution is 0.269. The third kappa shape index (κ3) is 3.94. The Balaban J connectivity index is 3.12. The Kier molecular flexibility index (Phi) is 4.92. The van der Waals surface area contributed by atoms with Crippen molar-refractivity contribution in [3.63, 3.8) is 0 Å². The first kappa shape index (κ1) is 14.4. The number of aliphatic hydroxyl groups excluding tert-OH is 1. The van der Waals surface area contributed by atoms with E-state index in [1.807, 2.05) is 12.1 Å². The van der Waals surface area contributed by atoms with Crippen molar-refractivity contribution in [1.29, 1.82) is 0 Å². The molecule has 2 nitrogen and oxygen atoms in total. The maximum absolute atomic E-state index is 9.43. The lowest BCUT2D eigenvalue weighted by Gasteiger charge is -2.25. The summed E-state index contributed by atoms with van der Waals surface area (Å²) in [5.41, 5.74) is 3.53. The van der Waals surface area contributed by atoms with Crippen LogP contribution in [-0.4, -0.2) is 14.1 Å². The van der Waals surface area contributed by atoms with Gasteiger partial charge in [0.25, 0.3) is 0 Å². The standard InChI is InChI=1S/C14H24O2Si/c1-14(2,3)13-8-6-7-11(9-15)12(13)10-16-17(4)5/h6-8,15,17H,9-10H2,1-5H3. The van der Waals surface area contributed by atoms with Crippen molar-refractivity contribution in [3.8, 4) is 0 Å². The van der Waals surface area contributed by atoms with Crippen LogP contribution < -0.4 is 0 Å². The molecule has 0 heterocycles. The molecule has 1 aromatic rings. The van der Waals surface area contributed by atoms with Crippen LogP contribution in [0, 0.1) is 0 Å². The van der Waals surface area contributed by atoms with Gasteiger partial charge in [-0.1, -0.05) is 39.0 Å². The van der Waals surface area contributed by atoms with E-state index in [0.717, 1.165) is 5.56 Å². The van der Waals surface area contributed by atoms with Gasteiger partial charge in [0, 0.05) is 0 Å². The normalized spacial score (nSPS) is 12.2. The van der Waals surface area contributed by atoms with Gasteiger partial charge >= 0.3 is 0 Å². The first-order valence-electron chi connectivity index (χ1n) is 6.20. The number of hydrogen-bond donors (Lipinski definition) is 1. The van der Waals surface area contributed by atoms with Gasteiger partial charge in [0.1, 0.15) is 0 Å². The van der Waals surface area contributed by atoms with Gasteiger partial charge in [-0.3, -0.25) is 0 Å². The first-order chi connectivity index (χ1) is 7.86. The molecule has 1 aromatic carbocycles. The summed E-state index contributed by atoms with van der Waals surface area (Å²) in [5, 5.41) is 9.43. The molecule has 3 heteroatoms. The molecule has 0 amide bonds. The topological polar surface area (TPSA) is 29.5 Å². The van der Waals surface area contributed by atoms with Crippen LogP contribution in [0.2, 0.25) is 13.1 Å². The fourth-order valence-corrected chi connectivity index (χ4v) is 2.41. The second-order valence-corrected chi connectivity index (χ2v) is 8.14. The summed E-state index contributed by atoms with van der Waals surface area (Å²) in [5.74, 6) is 0. The Labute approximate surface area is 106 Å². The van der Waals surface area contributed by atoms with Gasteiger partial charge in [-0.2, -0.15) is 0 Å². The molecule has 0 spiro atoms. The molecule has 0 aliphatic carbocycles. The quantitative estimate of drug-likeness (QED) is 0.835. The molecule has 0 fully saturated rings. The number of aliphatic hydroxyl groups is 1. The van der Waals surface area contributed by atoms with Gasteiger partial charge in [-0.15, -0.1) is 0 Å². The fourth-order valence-electron chi connectivity index (χ4n) is 1.91. The Morgan fingerprint density at radius 2 is 1.88 bits per heavy atom. The van der Waals surface area contributed by atoms with Crippen LogP contribution >= 0.6 is 0 Å². The van der Waals surface area contributed by atoms with E-state index in [2.05, 4.69) is 39.9 Å². The van der Waals surface area contributed by atoms with E-state index < -0.39 is 9.04 Å². The number of rotatable bonds is 4. The molecule has 0 saturated heterocycles. The number of hydrogen-bond acceptors (Lipinski definition) is 2. The molecule has 0 saturated carbocycles. The van der Waals surface area contributed by atoms with Crippen LogP contribution in [0.4, 0.5) is 0 Å². The second-order valence-electron chi connectivity index (χ2n) is 5.71. The molecule has 17 heavy (non-hydrogen) atoms. The molecule has 0 atom stereocenters. The monoisotopic (exact) mass is 252 g/mol. The van der Waals surface area contributed by atoms with Crippen molar-refractivity contribution in [2.45, 2.75) is 52.5 Å². The summed E-state index contributed by atoms with van der Waals surface area (Å²) in [7, 11) is -1.03. The molecule has 0 aromatic heterocycles. The Bertz CT molecular complexity index is 367. The van der Waals surface area contributed by atoms with Gasteiger partial charge in [-0.25, -0.2) is 0 Å². The highest BCUT2D eigenvalue weighted by molar-refractivity contribution is 6.48. The molecule has 96 valence electrons. The van der Waals surface area contributed by atoms with E-state index in [1.54, 1.807) is 0 Å². The van der Waals surface area contributed by atoms with E-state index in [4.69, 9.17) is 4.43 Å². The van der Waals surface area contributed by atoms with Crippen molar-refractivity contribution < 1.29 is 9.53 Å². The third-order valence-electron chi connectivity index (χ3n) is 2.81. The highest BCUT2D eigenvalue weighted by Crippen LogP contribution is 2.28. The SMILES string of the molecule is C[SiH](C)OCc1c(CO)cccc1C(C)(C)C. The average Bonchev–Trinajstić information content (AvgIpc) is 2.24. The molecule has 0 aliphatic heterocycles. The molecular formula is C14H24O2Si. The summed E-state index contributed by atoms with van der Waals surface area (Å²) in [6, 6.07) is 6.14. The maximum Gasteiger partial charge on any atom is 0.171 e. The molecule has 1 N–H and O–H groups in total. The molecule has 0 aliphatic rings. The average molecular weight is 252 g/mol. The van der Waals surface area contributed by atoms with E-state index in [0.29, 0.717) is 6.61 Å². The van der Waals surface area contributed by atoms with Crippen molar-refractivity contribution in [1.82, 2.24) is 0 Å². The zero-order valence-corrected chi connectivity index (χ0v) is 12.7. The summed E-state index contributed by atoms with van der Waals surface area (Å²) in [4.78, 5) is 0. The van der Waals surface area contributed by atoms with E-state index in [1.165, 1.54) is 11.1 Å². The molecule has 0 unspecified atom stereocenters. The second kappa shape index (κ2) is 5.80. The van der Waals surface area contributed by atoms with Gasteiger partial charge < -0.3 is 9.53 Å². The molecule has 1 rings (SSSR count). The van der Waals surface area contributed by atoms with Crippen LogP contribution in [0.25, 0.3) is 0 Å². The van der Waals surface area contributed by atoms with Crippen LogP contribution in [0.5, 0.6) is 0 Å². The van der Waals surface area contributed by atoms with Crippen molar-refractivity contribution >= 4 is 9.04 Å². The summed E-state index contributed by atoms with van der Waals surface area (Å²) in [6.45, 7) is 11.6. The fraction of sp³-hybridized carbons (Fsp3) is 0.571. The first-order valence-corrected chi connectivity index (χ1v) is 8.98. The van der Waals surface area contributed by atoms with E-state index in [9.17, 15) is 5.11 Å². The van der Waals surface area contributed by atoms with Gasteiger partial charge in [0.15, 0.2) is 9.04 Å².